The zero-order valence-corrected chi connectivity index (χ0v) is 21.5. The number of H-pyrrole nitrogens is 1. The lowest BCUT2D eigenvalue weighted by Crippen LogP contribution is -2.43. The van der Waals surface area contributed by atoms with E-state index < -0.39 is 11.9 Å². The summed E-state index contributed by atoms with van der Waals surface area (Å²) in [5, 5.41) is 5.59. The smallest absolute Gasteiger partial charge is 0.371 e. The number of carbonyl (C=O) groups is 1. The number of fused-ring (bicyclic) bond motifs is 2. The number of alkyl halides is 3. The van der Waals surface area contributed by atoms with Gasteiger partial charge in [-0.15, -0.1) is 0 Å². The van der Waals surface area contributed by atoms with Gasteiger partial charge in [0.2, 0.25) is 5.91 Å². The Morgan fingerprint density at radius 3 is 2.62 bits per heavy atom. The Kier molecular flexibility index (Phi) is 6.98. The molecule has 0 radical (unpaired) electrons. The average molecular weight is 549 g/mol. The zero-order valence-electron chi connectivity index (χ0n) is 20.0. The van der Waals surface area contributed by atoms with Crippen molar-refractivity contribution in [2.45, 2.75) is 50.4 Å². The van der Waals surface area contributed by atoms with Gasteiger partial charge in [0.1, 0.15) is 5.69 Å². The van der Waals surface area contributed by atoms with E-state index in [2.05, 4.69) is 15.3 Å². The van der Waals surface area contributed by atoms with Crippen molar-refractivity contribution in [3.8, 4) is 0 Å². The molecule has 0 spiro atoms. The van der Waals surface area contributed by atoms with E-state index in [4.69, 9.17) is 23.2 Å². The summed E-state index contributed by atoms with van der Waals surface area (Å²) >= 11 is 12.5. The molecule has 0 saturated heterocycles. The van der Waals surface area contributed by atoms with Crippen LogP contribution >= 0.6 is 23.2 Å². The molecular weight excluding hydrogens is 524 g/mol. The number of nitrogens with zero attached hydrogens (tertiary/aromatic N) is 2. The fraction of sp³-hybridized carbons (Fsp3) is 0.333. The van der Waals surface area contributed by atoms with Crippen molar-refractivity contribution in [2.24, 2.45) is 0 Å². The highest BCUT2D eigenvalue weighted by Crippen LogP contribution is 2.37. The summed E-state index contributed by atoms with van der Waals surface area (Å²) in [4.78, 5) is 21.6. The monoisotopic (exact) mass is 548 g/mol. The van der Waals surface area contributed by atoms with Gasteiger partial charge in [-0.1, -0.05) is 29.3 Å². The van der Waals surface area contributed by atoms with E-state index in [1.165, 1.54) is 6.07 Å². The zero-order chi connectivity index (χ0) is 26.3. The SMILES string of the molecule is CN(c1cc(C(F)(F)F)nc2ccc(Cl)cc12)[C@H]1CC[C@@H](NC(=O)Cc2c[nH]c3cccc(Cl)c23)CC1. The molecule has 1 aliphatic carbocycles. The summed E-state index contributed by atoms with van der Waals surface area (Å²) in [5.74, 6) is -0.0813. The molecule has 1 aliphatic rings. The number of halogens is 5. The second-order valence-electron chi connectivity index (χ2n) is 9.52. The summed E-state index contributed by atoms with van der Waals surface area (Å²) in [6, 6.07) is 11.4. The molecule has 2 aromatic heterocycles. The van der Waals surface area contributed by atoms with Crippen LogP contribution in [0.1, 0.15) is 36.9 Å². The highest BCUT2D eigenvalue weighted by molar-refractivity contribution is 6.35. The van der Waals surface area contributed by atoms with Crippen molar-refractivity contribution in [1.29, 1.82) is 0 Å². The van der Waals surface area contributed by atoms with Crippen molar-refractivity contribution in [1.82, 2.24) is 15.3 Å². The summed E-state index contributed by atoms with van der Waals surface area (Å²) in [6.07, 6.45) is 0.380. The first-order valence-corrected chi connectivity index (χ1v) is 12.8. The van der Waals surface area contributed by atoms with Crippen LogP contribution in [0.3, 0.4) is 0 Å². The first-order chi connectivity index (χ1) is 17.6. The second-order valence-corrected chi connectivity index (χ2v) is 10.4. The highest BCUT2D eigenvalue weighted by atomic mass is 35.5. The molecule has 5 rings (SSSR count). The van der Waals surface area contributed by atoms with Crippen LogP contribution in [0, 0.1) is 0 Å². The van der Waals surface area contributed by atoms with Gasteiger partial charge in [-0.2, -0.15) is 13.2 Å². The number of carbonyl (C=O) groups excluding carboxylic acids is 1. The predicted octanol–water partition coefficient (Wildman–Crippen LogP) is 7.15. The predicted molar refractivity (Wildman–Crippen MR) is 141 cm³/mol. The molecule has 2 aromatic carbocycles. The van der Waals surface area contributed by atoms with Gasteiger partial charge in [-0.25, -0.2) is 4.98 Å². The van der Waals surface area contributed by atoms with Gasteiger partial charge in [0.05, 0.1) is 17.0 Å². The standard InChI is InChI=1S/C27H25Cl2F3N4O/c1-36(23-13-24(27(30,31)32)35-21-10-5-16(28)12-19(21)23)18-8-6-17(7-9-18)34-25(37)11-15-14-33-22-4-2-3-20(29)26(15)22/h2-5,10,12-14,17-18,33H,6-9,11H2,1H3,(H,34,37)/t17-,18+. The Balaban J connectivity index is 1.26. The molecular formula is C27H25Cl2F3N4O. The van der Waals surface area contributed by atoms with Gasteiger partial charge in [-0.05, 0) is 67.6 Å². The maximum absolute atomic E-state index is 13.5. The number of hydrogen-bond donors (Lipinski definition) is 2. The first kappa shape index (κ1) is 25.7. The maximum atomic E-state index is 13.5. The minimum atomic E-state index is -4.56. The van der Waals surface area contributed by atoms with Gasteiger partial charge >= 0.3 is 6.18 Å². The van der Waals surface area contributed by atoms with Gasteiger partial charge in [0.25, 0.3) is 0 Å². The van der Waals surface area contributed by atoms with Crippen molar-refractivity contribution in [2.75, 3.05) is 11.9 Å². The molecule has 0 unspecified atom stereocenters. The van der Waals surface area contributed by atoms with Crippen LogP contribution in [0.4, 0.5) is 18.9 Å². The number of benzene rings is 2. The van der Waals surface area contributed by atoms with Crippen molar-refractivity contribution >= 4 is 56.6 Å². The normalized spacial score (nSPS) is 18.3. The van der Waals surface area contributed by atoms with Crippen LogP contribution in [-0.4, -0.2) is 35.0 Å². The third-order valence-corrected chi connectivity index (χ3v) is 7.67. The Bertz CT molecular complexity index is 1460. The number of aromatic amines is 1. The fourth-order valence-electron chi connectivity index (χ4n) is 5.22. The van der Waals surface area contributed by atoms with Crippen molar-refractivity contribution in [3.05, 3.63) is 70.0 Å². The van der Waals surface area contributed by atoms with Gasteiger partial charge in [0, 0.05) is 52.3 Å². The van der Waals surface area contributed by atoms with Crippen molar-refractivity contribution in [3.63, 3.8) is 0 Å². The van der Waals surface area contributed by atoms with Crippen LogP contribution in [-0.2, 0) is 17.4 Å². The third-order valence-electron chi connectivity index (χ3n) is 7.12. The highest BCUT2D eigenvalue weighted by Gasteiger charge is 2.35. The molecule has 5 nitrogen and oxygen atoms in total. The third kappa shape index (κ3) is 5.36. The molecule has 1 fully saturated rings. The summed E-state index contributed by atoms with van der Waals surface area (Å²) in [7, 11) is 1.81. The Labute approximate surface area is 221 Å². The van der Waals surface area contributed by atoms with Crippen LogP contribution in [0.2, 0.25) is 10.0 Å². The van der Waals surface area contributed by atoms with Crippen LogP contribution in [0.15, 0.2) is 48.7 Å². The lowest BCUT2D eigenvalue weighted by molar-refractivity contribution is -0.140. The van der Waals surface area contributed by atoms with Gasteiger partial charge in [-0.3, -0.25) is 4.79 Å². The van der Waals surface area contributed by atoms with E-state index in [0.29, 0.717) is 21.1 Å². The number of nitrogens with one attached hydrogen (secondary N) is 2. The van der Waals surface area contributed by atoms with Gasteiger partial charge < -0.3 is 15.2 Å². The largest absolute Gasteiger partial charge is 0.433 e. The lowest BCUT2D eigenvalue weighted by atomic mass is 9.89. The second kappa shape index (κ2) is 10.1. The summed E-state index contributed by atoms with van der Waals surface area (Å²) < 4.78 is 40.6. The molecule has 37 heavy (non-hydrogen) atoms. The molecule has 194 valence electrons. The molecule has 4 aromatic rings. The Hall–Kier alpha value is -2.97. The van der Waals surface area contributed by atoms with Gasteiger partial charge in [0.15, 0.2) is 0 Å². The first-order valence-electron chi connectivity index (χ1n) is 12.0. The Morgan fingerprint density at radius 1 is 1.14 bits per heavy atom. The van der Waals surface area contributed by atoms with E-state index >= 15 is 0 Å². The number of hydrogen-bond acceptors (Lipinski definition) is 3. The molecule has 1 amide bonds. The molecule has 2 heterocycles. The van der Waals surface area contributed by atoms with E-state index in [9.17, 15) is 18.0 Å². The average Bonchev–Trinajstić information content (AvgIpc) is 3.26. The molecule has 1 saturated carbocycles. The Morgan fingerprint density at radius 2 is 1.89 bits per heavy atom. The lowest BCUT2D eigenvalue weighted by Gasteiger charge is -2.37. The number of amides is 1. The molecule has 0 atom stereocenters. The molecule has 0 aliphatic heterocycles. The van der Waals surface area contributed by atoms with E-state index in [0.717, 1.165) is 48.2 Å². The van der Waals surface area contributed by atoms with E-state index in [1.807, 2.05) is 23.2 Å². The topological polar surface area (TPSA) is 61.0 Å². The quantitative estimate of drug-likeness (QED) is 0.278. The number of rotatable bonds is 5. The summed E-state index contributed by atoms with van der Waals surface area (Å²) in [5.41, 5.74) is 1.50. The van der Waals surface area contributed by atoms with Crippen LogP contribution in [0.25, 0.3) is 21.8 Å². The number of pyridine rings is 1. The maximum Gasteiger partial charge on any atom is 0.433 e. The number of anilines is 1. The van der Waals surface area contributed by atoms with Crippen LogP contribution in [0.5, 0.6) is 0 Å². The molecule has 10 heteroatoms. The molecule has 2 N–H and O–H groups in total. The van der Waals surface area contributed by atoms with Crippen LogP contribution < -0.4 is 10.2 Å². The summed E-state index contributed by atoms with van der Waals surface area (Å²) in [6.45, 7) is 0. The minimum absolute atomic E-state index is 0.00666. The van der Waals surface area contributed by atoms with E-state index in [1.54, 1.807) is 25.2 Å². The van der Waals surface area contributed by atoms with E-state index in [-0.39, 0.29) is 29.9 Å². The minimum Gasteiger partial charge on any atom is -0.371 e. The van der Waals surface area contributed by atoms with Crippen molar-refractivity contribution < 1.29 is 18.0 Å². The number of aromatic nitrogens is 2. The fourth-order valence-corrected chi connectivity index (χ4v) is 5.69. The molecule has 0 bridgehead atoms.